The van der Waals surface area contributed by atoms with Crippen LogP contribution >= 0.6 is 0 Å². The zero-order valence-electron chi connectivity index (χ0n) is 21.9. The van der Waals surface area contributed by atoms with Gasteiger partial charge < -0.3 is 15.0 Å². The molecule has 2 aromatic rings. The van der Waals surface area contributed by atoms with Gasteiger partial charge in [0.05, 0.1) is 18.6 Å². The number of nitrogens with one attached hydrogen (secondary N) is 1. The molecule has 198 valence electrons. The summed E-state index contributed by atoms with van der Waals surface area (Å²) in [5.74, 6) is -0.0603. The maximum absolute atomic E-state index is 13.6. The lowest BCUT2D eigenvalue weighted by atomic mass is 10.1. The average Bonchev–Trinajstić information content (AvgIpc) is 2.85. The molecule has 9 heteroatoms. The first kappa shape index (κ1) is 29.2. The molecule has 2 rings (SSSR count). The normalized spacial score (nSPS) is 12.9. The van der Waals surface area contributed by atoms with E-state index >= 15 is 0 Å². The van der Waals surface area contributed by atoms with Crippen molar-refractivity contribution >= 4 is 27.5 Å². The third-order valence-corrected chi connectivity index (χ3v) is 7.13. The van der Waals surface area contributed by atoms with Crippen LogP contribution in [0.3, 0.4) is 0 Å². The lowest BCUT2D eigenvalue weighted by Gasteiger charge is -2.33. The molecule has 0 saturated heterocycles. The predicted molar refractivity (Wildman–Crippen MR) is 144 cm³/mol. The van der Waals surface area contributed by atoms with Gasteiger partial charge in [-0.1, -0.05) is 44.2 Å². The van der Waals surface area contributed by atoms with Crippen LogP contribution in [0.5, 0.6) is 5.75 Å². The van der Waals surface area contributed by atoms with Crippen molar-refractivity contribution in [2.75, 3.05) is 30.3 Å². The molecule has 0 heterocycles. The fourth-order valence-corrected chi connectivity index (χ4v) is 4.68. The molecule has 2 aromatic carbocycles. The van der Waals surface area contributed by atoms with Gasteiger partial charge in [-0.2, -0.15) is 0 Å². The van der Waals surface area contributed by atoms with Crippen LogP contribution in [0.2, 0.25) is 0 Å². The largest absolute Gasteiger partial charge is 0.494 e. The van der Waals surface area contributed by atoms with Gasteiger partial charge in [-0.3, -0.25) is 13.9 Å². The molecule has 36 heavy (non-hydrogen) atoms. The minimum absolute atomic E-state index is 0.0333. The Hall–Kier alpha value is -3.07. The molecule has 0 bridgehead atoms. The van der Waals surface area contributed by atoms with E-state index in [2.05, 4.69) is 5.32 Å². The van der Waals surface area contributed by atoms with Crippen LogP contribution in [0.4, 0.5) is 5.69 Å². The summed E-state index contributed by atoms with van der Waals surface area (Å²) in [4.78, 5) is 28.3. The number of amides is 2. The lowest BCUT2D eigenvalue weighted by molar-refractivity contribution is -0.139. The molecule has 0 aliphatic heterocycles. The third-order valence-electron chi connectivity index (χ3n) is 5.99. The summed E-state index contributed by atoms with van der Waals surface area (Å²) in [5, 5.41) is 2.97. The van der Waals surface area contributed by atoms with Gasteiger partial charge in [0.1, 0.15) is 18.3 Å². The maximum Gasteiger partial charge on any atom is 0.244 e. The Bertz CT molecular complexity index is 1070. The molecule has 0 saturated carbocycles. The Balaban J connectivity index is 2.34. The summed E-state index contributed by atoms with van der Waals surface area (Å²) in [5.41, 5.74) is 1.38. The minimum Gasteiger partial charge on any atom is -0.494 e. The first-order valence-corrected chi connectivity index (χ1v) is 14.3. The summed E-state index contributed by atoms with van der Waals surface area (Å²) in [6, 6.07) is 15.5. The summed E-state index contributed by atoms with van der Waals surface area (Å²) >= 11 is 0. The number of hydrogen-bond donors (Lipinski definition) is 1. The van der Waals surface area contributed by atoms with Gasteiger partial charge in [0, 0.05) is 12.6 Å². The Morgan fingerprint density at radius 3 is 2.14 bits per heavy atom. The molecule has 1 N–H and O–H groups in total. The van der Waals surface area contributed by atoms with Crippen molar-refractivity contribution in [2.45, 2.75) is 59.0 Å². The van der Waals surface area contributed by atoms with Crippen LogP contribution in [-0.4, -0.2) is 63.2 Å². The molecular formula is C27H39N3O5S. The summed E-state index contributed by atoms with van der Waals surface area (Å²) in [7, 11) is -3.77. The molecular weight excluding hydrogens is 478 g/mol. The molecule has 0 fully saturated rings. The van der Waals surface area contributed by atoms with E-state index in [1.165, 1.54) is 4.90 Å². The topological polar surface area (TPSA) is 96.0 Å². The number of nitrogens with zero attached hydrogens (tertiary/aromatic N) is 2. The number of carbonyl (C=O) groups excluding carboxylic acids is 2. The number of hydrogen-bond acceptors (Lipinski definition) is 5. The molecule has 8 nitrogen and oxygen atoms in total. The first-order valence-electron chi connectivity index (χ1n) is 12.4. The zero-order chi connectivity index (χ0) is 26.7. The van der Waals surface area contributed by atoms with Crippen LogP contribution < -0.4 is 14.4 Å². The van der Waals surface area contributed by atoms with E-state index in [0.29, 0.717) is 30.9 Å². The van der Waals surface area contributed by atoms with Crippen molar-refractivity contribution in [3.05, 3.63) is 60.2 Å². The van der Waals surface area contributed by atoms with E-state index in [4.69, 9.17) is 4.74 Å². The standard InChI is InChI=1S/C27H39N3O5S/c1-6-21(4)28-27(32)25(7-2)29(19-18-22-12-10-9-11-13-22)26(31)20-30(36(5,33)34)23-14-16-24(17-15-23)35-8-3/h9-17,21,25H,6-8,18-20H2,1-5H3,(H,28,32)/t21-,25+/m1/s1. The number of ether oxygens (including phenoxy) is 1. The monoisotopic (exact) mass is 517 g/mol. The van der Waals surface area contributed by atoms with Crippen molar-refractivity contribution in [3.63, 3.8) is 0 Å². The van der Waals surface area contributed by atoms with Gasteiger partial charge in [0.25, 0.3) is 0 Å². The third kappa shape index (κ3) is 8.55. The molecule has 0 unspecified atom stereocenters. The molecule has 0 aromatic heterocycles. The Labute approximate surface area is 215 Å². The Morgan fingerprint density at radius 2 is 1.61 bits per heavy atom. The predicted octanol–water partition coefficient (Wildman–Crippen LogP) is 3.62. The second-order valence-corrected chi connectivity index (χ2v) is 10.7. The van der Waals surface area contributed by atoms with E-state index in [9.17, 15) is 18.0 Å². The number of carbonyl (C=O) groups is 2. The van der Waals surface area contributed by atoms with E-state index < -0.39 is 28.5 Å². The SMILES string of the molecule is CCOc1ccc(N(CC(=O)N(CCc2ccccc2)[C@@H](CC)C(=O)N[C@H](C)CC)S(C)(=O)=O)cc1. The van der Waals surface area contributed by atoms with Crippen LogP contribution in [0, 0.1) is 0 Å². The van der Waals surface area contributed by atoms with Crippen LogP contribution in [0.25, 0.3) is 0 Å². The number of anilines is 1. The van der Waals surface area contributed by atoms with Crippen molar-refractivity contribution in [2.24, 2.45) is 0 Å². The van der Waals surface area contributed by atoms with Crippen molar-refractivity contribution in [3.8, 4) is 5.75 Å². The van der Waals surface area contributed by atoms with Crippen molar-refractivity contribution < 1.29 is 22.7 Å². The quantitative estimate of drug-likeness (QED) is 0.413. The number of rotatable bonds is 14. The van der Waals surface area contributed by atoms with E-state index in [1.54, 1.807) is 24.3 Å². The maximum atomic E-state index is 13.6. The van der Waals surface area contributed by atoms with Crippen LogP contribution in [0.1, 0.15) is 46.1 Å². The van der Waals surface area contributed by atoms with E-state index in [1.807, 2.05) is 58.0 Å². The van der Waals surface area contributed by atoms with Gasteiger partial charge >= 0.3 is 0 Å². The summed E-state index contributed by atoms with van der Waals surface area (Å²) in [6.45, 7) is 7.97. The first-order chi connectivity index (χ1) is 17.1. The molecule has 2 amide bonds. The second-order valence-electron chi connectivity index (χ2n) is 8.76. The zero-order valence-corrected chi connectivity index (χ0v) is 22.8. The van der Waals surface area contributed by atoms with Crippen LogP contribution in [-0.2, 0) is 26.0 Å². The van der Waals surface area contributed by atoms with Crippen molar-refractivity contribution in [1.82, 2.24) is 10.2 Å². The molecule has 0 spiro atoms. The molecule has 0 aliphatic carbocycles. The number of benzene rings is 2. The Morgan fingerprint density at radius 1 is 0.972 bits per heavy atom. The minimum atomic E-state index is -3.77. The number of sulfonamides is 1. The summed E-state index contributed by atoms with van der Waals surface area (Å²) < 4.78 is 31.9. The van der Waals surface area contributed by atoms with Gasteiger partial charge in [0.2, 0.25) is 21.8 Å². The fraction of sp³-hybridized carbons (Fsp3) is 0.481. The molecule has 0 radical (unpaired) electrons. The van der Waals surface area contributed by atoms with Gasteiger partial charge in [-0.05, 0) is 62.9 Å². The lowest BCUT2D eigenvalue weighted by Crippen LogP contribution is -2.54. The fourth-order valence-electron chi connectivity index (χ4n) is 3.83. The average molecular weight is 518 g/mol. The van der Waals surface area contributed by atoms with Crippen molar-refractivity contribution in [1.29, 1.82) is 0 Å². The summed E-state index contributed by atoms with van der Waals surface area (Å²) in [6.07, 6.45) is 2.78. The van der Waals surface area contributed by atoms with Crippen LogP contribution in [0.15, 0.2) is 54.6 Å². The molecule has 2 atom stereocenters. The molecule has 0 aliphatic rings. The van der Waals surface area contributed by atoms with E-state index in [0.717, 1.165) is 22.5 Å². The van der Waals surface area contributed by atoms with E-state index in [-0.39, 0.29) is 18.5 Å². The van der Waals surface area contributed by atoms with Gasteiger partial charge in [-0.25, -0.2) is 8.42 Å². The highest BCUT2D eigenvalue weighted by Gasteiger charge is 2.31. The van der Waals surface area contributed by atoms with Gasteiger partial charge in [0.15, 0.2) is 0 Å². The smallest absolute Gasteiger partial charge is 0.244 e. The van der Waals surface area contributed by atoms with Gasteiger partial charge in [-0.15, -0.1) is 0 Å². The second kappa shape index (κ2) is 13.9. The highest BCUT2D eigenvalue weighted by atomic mass is 32.2. The highest BCUT2D eigenvalue weighted by Crippen LogP contribution is 2.22. The highest BCUT2D eigenvalue weighted by molar-refractivity contribution is 7.92. The Kier molecular flexibility index (Phi) is 11.2.